The first kappa shape index (κ1) is 21.8. The normalized spacial score (nSPS) is 11.6. The Bertz CT molecular complexity index is 2100. The number of hydrogen-bond donors (Lipinski definition) is 0. The molecule has 0 bridgehead atoms. The highest BCUT2D eigenvalue weighted by Crippen LogP contribution is 2.44. The van der Waals surface area contributed by atoms with Crippen molar-refractivity contribution in [2.24, 2.45) is 0 Å². The van der Waals surface area contributed by atoms with E-state index in [2.05, 4.69) is 115 Å². The van der Waals surface area contributed by atoms with E-state index in [0.717, 1.165) is 22.2 Å². The maximum absolute atomic E-state index is 6.12. The molecule has 0 atom stereocenters. The highest BCUT2D eigenvalue weighted by Gasteiger charge is 2.17. The summed E-state index contributed by atoms with van der Waals surface area (Å²) >= 11 is 0. The average molecular weight is 498 g/mol. The van der Waals surface area contributed by atoms with Crippen LogP contribution in [0.15, 0.2) is 144 Å². The van der Waals surface area contributed by atoms with Crippen molar-refractivity contribution in [3.63, 3.8) is 0 Å². The van der Waals surface area contributed by atoms with Gasteiger partial charge in [-0.2, -0.15) is 0 Å². The van der Waals surface area contributed by atoms with Crippen molar-refractivity contribution in [2.45, 2.75) is 0 Å². The lowest BCUT2D eigenvalue weighted by atomic mass is 9.85. The van der Waals surface area contributed by atoms with Crippen LogP contribution in [0.1, 0.15) is 0 Å². The molecule has 0 aliphatic carbocycles. The molecule has 0 spiro atoms. The molecule has 8 aromatic rings. The molecule has 0 aliphatic rings. The maximum Gasteiger partial charge on any atom is 0.227 e. The van der Waals surface area contributed by atoms with Gasteiger partial charge in [0, 0.05) is 5.56 Å². The smallest absolute Gasteiger partial charge is 0.227 e. The highest BCUT2D eigenvalue weighted by atomic mass is 16.3. The first-order valence-corrected chi connectivity index (χ1v) is 13.2. The number of nitrogens with zero attached hydrogens (tertiary/aromatic N) is 1. The van der Waals surface area contributed by atoms with Crippen molar-refractivity contribution in [3.8, 4) is 33.7 Å². The summed E-state index contributed by atoms with van der Waals surface area (Å²) in [5.74, 6) is 0.638. The zero-order valence-electron chi connectivity index (χ0n) is 21.1. The van der Waals surface area contributed by atoms with Gasteiger partial charge in [-0.1, -0.05) is 109 Å². The molecule has 0 aliphatic heterocycles. The molecular weight excluding hydrogens is 474 g/mol. The maximum atomic E-state index is 6.12. The largest absolute Gasteiger partial charge is 0.436 e. The van der Waals surface area contributed by atoms with Gasteiger partial charge in [-0.15, -0.1) is 0 Å². The van der Waals surface area contributed by atoms with E-state index < -0.39 is 0 Å². The van der Waals surface area contributed by atoms with Crippen LogP contribution in [-0.4, -0.2) is 4.98 Å². The minimum absolute atomic E-state index is 0.638. The highest BCUT2D eigenvalue weighted by molar-refractivity contribution is 6.21. The molecule has 8 rings (SSSR count). The second kappa shape index (κ2) is 8.68. The fourth-order valence-corrected chi connectivity index (χ4v) is 5.90. The predicted molar refractivity (Wildman–Crippen MR) is 163 cm³/mol. The van der Waals surface area contributed by atoms with E-state index in [-0.39, 0.29) is 0 Å². The second-order valence-electron chi connectivity index (χ2n) is 9.97. The first-order chi connectivity index (χ1) is 19.3. The van der Waals surface area contributed by atoms with E-state index >= 15 is 0 Å². The molecule has 0 saturated heterocycles. The number of benzene rings is 7. The molecule has 0 amide bonds. The van der Waals surface area contributed by atoms with Crippen LogP contribution >= 0.6 is 0 Å². The third kappa shape index (κ3) is 3.53. The summed E-state index contributed by atoms with van der Waals surface area (Å²) in [6.07, 6.45) is 0. The Balaban J connectivity index is 1.40. The molecule has 0 radical (unpaired) electrons. The topological polar surface area (TPSA) is 26.0 Å². The molecule has 1 aromatic heterocycles. The Morgan fingerprint density at radius 3 is 1.67 bits per heavy atom. The molecule has 1 heterocycles. The molecule has 2 nitrogen and oxygen atoms in total. The monoisotopic (exact) mass is 497 g/mol. The van der Waals surface area contributed by atoms with Gasteiger partial charge in [-0.25, -0.2) is 4.98 Å². The number of oxazole rings is 1. The van der Waals surface area contributed by atoms with E-state index in [9.17, 15) is 0 Å². The van der Waals surface area contributed by atoms with E-state index in [1.165, 1.54) is 49.0 Å². The SMILES string of the molecule is c1cc(-c2nc3ccccc3o2)cc(-c2c3ccccc3c(-c3ccc4ccccc4c3)c3ccccc23)c1. The minimum Gasteiger partial charge on any atom is -0.436 e. The van der Waals surface area contributed by atoms with Crippen LogP contribution in [0, 0.1) is 0 Å². The van der Waals surface area contributed by atoms with E-state index in [1.807, 2.05) is 24.3 Å². The first-order valence-electron chi connectivity index (χ1n) is 13.2. The molecule has 7 aromatic carbocycles. The fourth-order valence-electron chi connectivity index (χ4n) is 5.90. The van der Waals surface area contributed by atoms with Crippen LogP contribution in [0.3, 0.4) is 0 Å². The van der Waals surface area contributed by atoms with Gasteiger partial charge < -0.3 is 4.42 Å². The number of hydrogen-bond acceptors (Lipinski definition) is 2. The van der Waals surface area contributed by atoms with E-state index in [1.54, 1.807) is 0 Å². The summed E-state index contributed by atoms with van der Waals surface area (Å²) in [7, 11) is 0. The molecule has 0 fully saturated rings. The lowest BCUT2D eigenvalue weighted by Crippen LogP contribution is -1.91. The van der Waals surface area contributed by atoms with Crippen molar-refractivity contribution in [1.82, 2.24) is 4.98 Å². The third-order valence-corrected chi connectivity index (χ3v) is 7.66. The quantitative estimate of drug-likeness (QED) is 0.227. The predicted octanol–water partition coefficient (Wildman–Crippen LogP) is 10.3. The molecular formula is C37H23NO. The Morgan fingerprint density at radius 2 is 0.974 bits per heavy atom. The van der Waals surface area contributed by atoms with Crippen molar-refractivity contribution in [2.75, 3.05) is 0 Å². The summed E-state index contributed by atoms with van der Waals surface area (Å²) < 4.78 is 6.12. The lowest BCUT2D eigenvalue weighted by Gasteiger charge is -2.18. The van der Waals surface area contributed by atoms with Gasteiger partial charge in [0.25, 0.3) is 0 Å². The van der Waals surface area contributed by atoms with Crippen LogP contribution in [0.25, 0.3) is 77.1 Å². The minimum atomic E-state index is 0.638. The summed E-state index contributed by atoms with van der Waals surface area (Å²) in [6.45, 7) is 0. The van der Waals surface area contributed by atoms with Crippen LogP contribution in [0.2, 0.25) is 0 Å². The zero-order chi connectivity index (χ0) is 25.8. The second-order valence-corrected chi connectivity index (χ2v) is 9.97. The standard InChI is InChI=1S/C37H23NO/c1-2-11-25-22-27(21-20-24(25)10-1)36-31-16-5-3-14-29(31)35(30-15-4-6-17-32(30)36)26-12-9-13-28(23-26)37-38-33-18-7-8-19-34(33)39-37/h1-23H. The summed E-state index contributed by atoms with van der Waals surface area (Å²) in [6, 6.07) is 49.4. The summed E-state index contributed by atoms with van der Waals surface area (Å²) in [5, 5.41) is 7.45. The van der Waals surface area contributed by atoms with Gasteiger partial charge in [0.2, 0.25) is 5.89 Å². The van der Waals surface area contributed by atoms with Crippen molar-refractivity contribution in [3.05, 3.63) is 140 Å². The number of aromatic nitrogens is 1. The molecule has 182 valence electrons. The van der Waals surface area contributed by atoms with Gasteiger partial charge in [-0.3, -0.25) is 0 Å². The molecule has 0 saturated carbocycles. The van der Waals surface area contributed by atoms with Crippen LogP contribution < -0.4 is 0 Å². The Labute approximate surface area is 225 Å². The summed E-state index contributed by atoms with van der Waals surface area (Å²) in [4.78, 5) is 4.75. The number of para-hydroxylation sites is 2. The van der Waals surface area contributed by atoms with Crippen LogP contribution in [0.4, 0.5) is 0 Å². The fraction of sp³-hybridized carbons (Fsp3) is 0. The van der Waals surface area contributed by atoms with Gasteiger partial charge in [0.15, 0.2) is 5.58 Å². The van der Waals surface area contributed by atoms with E-state index in [0.29, 0.717) is 5.89 Å². The summed E-state index contributed by atoms with van der Waals surface area (Å²) in [5.41, 5.74) is 7.51. The zero-order valence-corrected chi connectivity index (χ0v) is 21.1. The van der Waals surface area contributed by atoms with Crippen LogP contribution in [-0.2, 0) is 0 Å². The van der Waals surface area contributed by atoms with Crippen LogP contribution in [0.5, 0.6) is 0 Å². The van der Waals surface area contributed by atoms with Gasteiger partial charge in [0.05, 0.1) is 0 Å². The number of rotatable bonds is 3. The molecule has 0 N–H and O–H groups in total. The Kier molecular flexibility index (Phi) is 4.86. The van der Waals surface area contributed by atoms with Gasteiger partial charge in [0.1, 0.15) is 5.52 Å². The van der Waals surface area contributed by atoms with Crippen molar-refractivity contribution >= 4 is 43.4 Å². The average Bonchev–Trinajstić information content (AvgIpc) is 3.44. The number of fused-ring (bicyclic) bond motifs is 4. The van der Waals surface area contributed by atoms with Crippen molar-refractivity contribution < 1.29 is 4.42 Å². The molecule has 39 heavy (non-hydrogen) atoms. The molecule has 2 heteroatoms. The molecule has 0 unspecified atom stereocenters. The van der Waals surface area contributed by atoms with E-state index in [4.69, 9.17) is 9.40 Å². The van der Waals surface area contributed by atoms with Gasteiger partial charge in [-0.05, 0) is 84.9 Å². The van der Waals surface area contributed by atoms with Crippen molar-refractivity contribution in [1.29, 1.82) is 0 Å². The lowest BCUT2D eigenvalue weighted by molar-refractivity contribution is 0.620. The van der Waals surface area contributed by atoms with Gasteiger partial charge >= 0.3 is 0 Å². The third-order valence-electron chi connectivity index (χ3n) is 7.66. The Morgan fingerprint density at radius 1 is 0.410 bits per heavy atom. The Hall–Kier alpha value is -5.21.